The smallest absolute Gasteiger partial charge is 0.174 e. The van der Waals surface area contributed by atoms with E-state index in [0.29, 0.717) is 10.7 Å². The molecule has 2 aromatic carbocycles. The topological polar surface area (TPSA) is 33.1 Å². The van der Waals surface area contributed by atoms with Crippen LogP contribution in [0.3, 0.4) is 0 Å². The number of hydrogen-bond acceptors (Lipinski definition) is 2. The first-order chi connectivity index (χ1) is 16.3. The average molecular weight is 475 g/mol. The fourth-order valence-electron chi connectivity index (χ4n) is 4.83. The Morgan fingerprint density at radius 2 is 1.74 bits per heavy atom. The number of aryl methyl sites for hydroxylation is 2. The number of nitrogens with zero attached hydrogens (tertiary/aromatic N) is 3. The molecule has 172 valence electrons. The molecule has 3 heterocycles. The minimum atomic E-state index is -0.287. The maximum Gasteiger partial charge on any atom is 0.174 e. The van der Waals surface area contributed by atoms with Crippen molar-refractivity contribution < 1.29 is 8.78 Å². The van der Waals surface area contributed by atoms with Gasteiger partial charge in [0, 0.05) is 29.0 Å². The maximum atomic E-state index is 14.1. The van der Waals surface area contributed by atoms with Crippen LogP contribution in [0, 0.1) is 32.4 Å². The quantitative estimate of drug-likeness (QED) is 0.354. The lowest BCUT2D eigenvalue weighted by Crippen LogP contribution is -2.29. The highest BCUT2D eigenvalue weighted by atomic mass is 32.1. The molecule has 0 bridgehead atoms. The van der Waals surface area contributed by atoms with Crippen LogP contribution in [0.25, 0.3) is 5.69 Å². The van der Waals surface area contributed by atoms with Gasteiger partial charge in [0.05, 0.1) is 17.8 Å². The number of benzene rings is 2. The van der Waals surface area contributed by atoms with E-state index in [0.717, 1.165) is 34.0 Å². The summed E-state index contributed by atoms with van der Waals surface area (Å²) in [5, 5.41) is 3.98. The molecule has 7 heteroatoms. The van der Waals surface area contributed by atoms with Crippen molar-refractivity contribution in [2.24, 2.45) is 0 Å². The first-order valence-corrected chi connectivity index (χ1v) is 11.5. The van der Waals surface area contributed by atoms with Crippen molar-refractivity contribution in [2.45, 2.75) is 32.9 Å². The molecule has 2 aromatic heterocycles. The van der Waals surface area contributed by atoms with Gasteiger partial charge in [0.1, 0.15) is 11.6 Å². The highest BCUT2D eigenvalue weighted by molar-refractivity contribution is 7.80. The van der Waals surface area contributed by atoms with Gasteiger partial charge >= 0.3 is 0 Å². The first kappa shape index (κ1) is 22.2. The third-order valence-corrected chi connectivity index (χ3v) is 6.69. The van der Waals surface area contributed by atoms with Crippen molar-refractivity contribution in [3.63, 3.8) is 0 Å². The summed E-state index contributed by atoms with van der Waals surface area (Å²) >= 11 is 5.78. The third kappa shape index (κ3) is 3.76. The van der Waals surface area contributed by atoms with Gasteiger partial charge in [0.25, 0.3) is 0 Å². The van der Waals surface area contributed by atoms with Crippen molar-refractivity contribution in [2.75, 3.05) is 4.90 Å². The summed E-state index contributed by atoms with van der Waals surface area (Å²) in [5.74, 6) is -0.547. The molecule has 2 atom stereocenters. The van der Waals surface area contributed by atoms with Crippen LogP contribution in [0.5, 0.6) is 0 Å². The van der Waals surface area contributed by atoms with Crippen molar-refractivity contribution in [1.29, 1.82) is 0 Å². The second-order valence-electron chi connectivity index (χ2n) is 8.57. The summed E-state index contributed by atoms with van der Waals surface area (Å²) in [6, 6.07) is 19.0. The van der Waals surface area contributed by atoms with Gasteiger partial charge in [-0.15, -0.1) is 0 Å². The molecule has 0 aliphatic carbocycles. The lowest BCUT2D eigenvalue weighted by molar-refractivity contribution is 0.564. The second-order valence-corrected chi connectivity index (χ2v) is 8.96. The van der Waals surface area contributed by atoms with E-state index in [-0.39, 0.29) is 23.7 Å². The molecular formula is C27H24F2N4S. The lowest BCUT2D eigenvalue weighted by Gasteiger charge is -2.28. The van der Waals surface area contributed by atoms with Gasteiger partial charge < -0.3 is 14.8 Å². The molecule has 1 N–H and O–H groups in total. The molecule has 0 spiro atoms. The van der Waals surface area contributed by atoms with Crippen molar-refractivity contribution in [1.82, 2.24) is 14.9 Å². The van der Waals surface area contributed by atoms with Gasteiger partial charge in [-0.25, -0.2) is 8.78 Å². The largest absolute Gasteiger partial charge is 0.351 e. The summed E-state index contributed by atoms with van der Waals surface area (Å²) in [6.45, 7) is 5.77. The van der Waals surface area contributed by atoms with Crippen LogP contribution < -0.4 is 10.2 Å². The number of anilines is 1. The Balaban J connectivity index is 1.69. The van der Waals surface area contributed by atoms with Crippen LogP contribution in [0.15, 0.2) is 72.9 Å². The predicted molar refractivity (Wildman–Crippen MR) is 134 cm³/mol. The molecule has 4 nitrogen and oxygen atoms in total. The Morgan fingerprint density at radius 3 is 2.44 bits per heavy atom. The van der Waals surface area contributed by atoms with Crippen molar-refractivity contribution in [3.8, 4) is 5.69 Å². The molecule has 5 rings (SSSR count). The van der Waals surface area contributed by atoms with E-state index in [4.69, 9.17) is 12.2 Å². The maximum absolute atomic E-state index is 14.1. The van der Waals surface area contributed by atoms with Gasteiger partial charge in [-0.1, -0.05) is 12.1 Å². The van der Waals surface area contributed by atoms with E-state index in [2.05, 4.69) is 16.4 Å². The molecule has 0 amide bonds. The summed E-state index contributed by atoms with van der Waals surface area (Å²) < 4.78 is 30.1. The van der Waals surface area contributed by atoms with Crippen LogP contribution in [0.2, 0.25) is 0 Å². The zero-order chi connectivity index (χ0) is 24.0. The number of rotatable bonds is 4. The van der Waals surface area contributed by atoms with E-state index in [1.165, 1.54) is 18.2 Å². The fourth-order valence-corrected chi connectivity index (χ4v) is 5.17. The van der Waals surface area contributed by atoms with Gasteiger partial charge in [0.2, 0.25) is 0 Å². The number of nitrogens with one attached hydrogen (secondary N) is 1. The van der Waals surface area contributed by atoms with Crippen LogP contribution in [-0.4, -0.2) is 14.7 Å². The normalized spacial score (nSPS) is 17.8. The summed E-state index contributed by atoms with van der Waals surface area (Å²) in [5.41, 5.74) is 5.95. The molecule has 1 aliphatic heterocycles. The van der Waals surface area contributed by atoms with Gasteiger partial charge in [0.15, 0.2) is 5.11 Å². The van der Waals surface area contributed by atoms with Crippen LogP contribution in [0.4, 0.5) is 14.5 Å². The number of pyridine rings is 1. The van der Waals surface area contributed by atoms with Crippen LogP contribution in [-0.2, 0) is 0 Å². The Kier molecular flexibility index (Phi) is 5.65. The van der Waals surface area contributed by atoms with E-state index >= 15 is 0 Å². The molecule has 34 heavy (non-hydrogen) atoms. The summed E-state index contributed by atoms with van der Waals surface area (Å²) in [7, 11) is 0. The number of thiocarbonyl (C=S) groups is 1. The monoisotopic (exact) mass is 474 g/mol. The standard InChI is InChI=1S/C27H24F2N4S/c1-16-13-21(10-11-23(16)29)33-26(25(31-27(33)34)24-9-4-5-12-30-24)22-14-17(2)32(18(22)3)20-8-6-7-19(28)15-20/h4-15,25-26H,1-3H3,(H,31,34)/t25-,26-/m1/s1. The van der Waals surface area contributed by atoms with Crippen molar-refractivity contribution in [3.05, 3.63) is 113 Å². The van der Waals surface area contributed by atoms with E-state index in [1.54, 1.807) is 25.3 Å². The molecular weight excluding hydrogens is 450 g/mol. The van der Waals surface area contributed by atoms with E-state index in [1.807, 2.05) is 53.6 Å². The lowest BCUT2D eigenvalue weighted by atomic mass is 9.96. The predicted octanol–water partition coefficient (Wildman–Crippen LogP) is 6.25. The summed E-state index contributed by atoms with van der Waals surface area (Å²) in [6.07, 6.45) is 1.76. The fraction of sp³-hybridized carbons (Fsp3) is 0.185. The van der Waals surface area contributed by atoms with Gasteiger partial charge in [-0.3, -0.25) is 4.98 Å². The molecule has 1 fully saturated rings. The van der Waals surface area contributed by atoms with E-state index < -0.39 is 0 Å². The highest BCUT2D eigenvalue weighted by Crippen LogP contribution is 2.44. The molecule has 0 unspecified atom stereocenters. The Labute approximate surface area is 202 Å². The van der Waals surface area contributed by atoms with Crippen LogP contribution >= 0.6 is 12.2 Å². The average Bonchev–Trinajstić information content (AvgIpc) is 3.31. The summed E-state index contributed by atoms with van der Waals surface area (Å²) in [4.78, 5) is 6.62. The van der Waals surface area contributed by atoms with Gasteiger partial charge in [-0.05, 0) is 98.7 Å². The number of hydrogen-bond donors (Lipinski definition) is 1. The molecule has 4 aromatic rings. The zero-order valence-corrected chi connectivity index (χ0v) is 19.9. The SMILES string of the molecule is Cc1cc(N2C(=S)N[C@H](c3ccccn3)[C@H]2c2cc(C)n(-c3cccc(F)c3)c2C)ccc1F. The minimum Gasteiger partial charge on any atom is -0.351 e. The Hall–Kier alpha value is -3.58. The molecule has 1 saturated heterocycles. The molecule has 0 radical (unpaired) electrons. The van der Waals surface area contributed by atoms with E-state index in [9.17, 15) is 8.78 Å². The Morgan fingerprint density at radius 1 is 0.912 bits per heavy atom. The zero-order valence-electron chi connectivity index (χ0n) is 19.1. The second kappa shape index (κ2) is 8.65. The highest BCUT2D eigenvalue weighted by Gasteiger charge is 2.42. The minimum absolute atomic E-state index is 0.222. The van der Waals surface area contributed by atoms with Crippen molar-refractivity contribution >= 4 is 23.0 Å². The third-order valence-electron chi connectivity index (χ3n) is 6.37. The molecule has 1 aliphatic rings. The first-order valence-electron chi connectivity index (χ1n) is 11.1. The number of halogens is 2. The molecule has 0 saturated carbocycles. The Bertz CT molecular complexity index is 1380. The number of aromatic nitrogens is 2. The van der Waals surface area contributed by atoms with Gasteiger partial charge in [-0.2, -0.15) is 0 Å². The van der Waals surface area contributed by atoms with Crippen LogP contribution in [0.1, 0.15) is 40.3 Å².